The molecule has 1 saturated heterocycles. The van der Waals surface area contributed by atoms with Gasteiger partial charge >= 0.3 is 0 Å². The number of fused-ring (bicyclic) bond motifs is 5. The van der Waals surface area contributed by atoms with Gasteiger partial charge in [-0.3, -0.25) is 9.59 Å². The Kier molecular flexibility index (Phi) is 5.60. The first-order valence-corrected chi connectivity index (χ1v) is 12.9. The van der Waals surface area contributed by atoms with Crippen LogP contribution in [-0.2, 0) is 9.59 Å². The summed E-state index contributed by atoms with van der Waals surface area (Å²) in [5.74, 6) is 1.87. The van der Waals surface area contributed by atoms with Gasteiger partial charge in [0.1, 0.15) is 0 Å². The summed E-state index contributed by atoms with van der Waals surface area (Å²) in [4.78, 5) is 31.9. The lowest BCUT2D eigenvalue weighted by atomic mass is 9.48. The Morgan fingerprint density at radius 1 is 1.18 bits per heavy atom. The van der Waals surface area contributed by atoms with Gasteiger partial charge < -0.3 is 10.2 Å². The van der Waals surface area contributed by atoms with Gasteiger partial charge in [-0.2, -0.15) is 0 Å². The first-order chi connectivity index (χ1) is 15.6. The number of amides is 2. The lowest BCUT2D eigenvalue weighted by Crippen LogP contribution is -2.54. The summed E-state index contributed by atoms with van der Waals surface area (Å²) in [5.41, 5.74) is 3.15. The van der Waals surface area contributed by atoms with E-state index in [9.17, 15) is 9.59 Å². The number of likely N-dealkylation sites (tertiary alicyclic amines) is 1. The summed E-state index contributed by atoms with van der Waals surface area (Å²) in [6.07, 6.45) is 8.21. The van der Waals surface area contributed by atoms with Gasteiger partial charge in [0.2, 0.25) is 11.8 Å². The number of anilines is 1. The van der Waals surface area contributed by atoms with Gasteiger partial charge in [0, 0.05) is 36.7 Å². The van der Waals surface area contributed by atoms with Crippen LogP contribution in [0.15, 0.2) is 23.5 Å². The van der Waals surface area contributed by atoms with E-state index >= 15 is 0 Å². The number of carbonyl (C=O) groups excluding carboxylic acids is 2. The van der Waals surface area contributed by atoms with Crippen LogP contribution in [0.25, 0.3) is 0 Å². The van der Waals surface area contributed by atoms with Gasteiger partial charge in [-0.25, -0.2) is 4.98 Å². The maximum absolute atomic E-state index is 13.4. The second kappa shape index (κ2) is 7.98. The average Bonchev–Trinajstić information content (AvgIpc) is 3.11. The lowest BCUT2D eigenvalue weighted by molar-refractivity contribution is -0.137. The van der Waals surface area contributed by atoms with Crippen molar-refractivity contribution in [3.8, 4) is 0 Å². The Bertz CT molecular complexity index is 1060. The van der Waals surface area contributed by atoms with Crippen LogP contribution in [-0.4, -0.2) is 28.7 Å². The number of carbonyl (C=O) groups is 2. The van der Waals surface area contributed by atoms with E-state index in [4.69, 9.17) is 23.2 Å². The molecule has 5 rings (SSSR count). The maximum Gasteiger partial charge on any atom is 0.228 e. The number of halogens is 2. The minimum Gasteiger partial charge on any atom is -0.323 e. The van der Waals surface area contributed by atoms with Crippen LogP contribution in [0.4, 0.5) is 5.69 Å². The summed E-state index contributed by atoms with van der Waals surface area (Å²) >= 11 is 12.3. The van der Waals surface area contributed by atoms with Crippen molar-refractivity contribution in [2.45, 2.75) is 65.7 Å². The van der Waals surface area contributed by atoms with Crippen molar-refractivity contribution in [1.82, 2.24) is 9.88 Å². The number of hydrogen-bond acceptors (Lipinski definition) is 3. The van der Waals surface area contributed by atoms with E-state index in [-0.39, 0.29) is 33.7 Å². The monoisotopic (exact) mass is 489 g/mol. The van der Waals surface area contributed by atoms with Crippen LogP contribution >= 0.6 is 23.2 Å². The Morgan fingerprint density at radius 2 is 1.94 bits per heavy atom. The van der Waals surface area contributed by atoms with Crippen molar-refractivity contribution in [3.05, 3.63) is 33.7 Å². The standard InChI is InChI=1S/C26H33Cl2N3O2/c1-14-11-16-17-5-6-19(24(33)30-20-12-15(27)13-29-23(20)28)25(17,2)9-7-18(16)26(3)10-8-21(32)31(4)22(14)26/h12-13,16-19H,5-11H2,1-4H3,(H,30,33)/t16-,17-,18-,19+,25-,26+/m0/s1. The van der Waals surface area contributed by atoms with Crippen molar-refractivity contribution < 1.29 is 9.59 Å². The number of piperidine rings is 1. The number of pyridine rings is 1. The molecule has 0 bridgehead atoms. The molecule has 0 unspecified atom stereocenters. The smallest absolute Gasteiger partial charge is 0.228 e. The van der Waals surface area contributed by atoms with Crippen LogP contribution in [0.3, 0.4) is 0 Å². The van der Waals surface area contributed by atoms with Gasteiger partial charge in [-0.15, -0.1) is 0 Å². The third kappa shape index (κ3) is 3.44. The topological polar surface area (TPSA) is 62.3 Å². The van der Waals surface area contributed by atoms with Gasteiger partial charge in [0.05, 0.1) is 10.7 Å². The molecule has 4 aliphatic rings. The number of aromatic nitrogens is 1. The summed E-state index contributed by atoms with van der Waals surface area (Å²) in [7, 11) is 1.96. The molecule has 33 heavy (non-hydrogen) atoms. The molecule has 0 spiro atoms. The summed E-state index contributed by atoms with van der Waals surface area (Å²) < 4.78 is 0. The molecule has 1 aliphatic heterocycles. The zero-order valence-corrected chi connectivity index (χ0v) is 21.4. The Hall–Kier alpha value is -1.59. The molecule has 6 atom stereocenters. The van der Waals surface area contributed by atoms with E-state index in [1.54, 1.807) is 6.07 Å². The van der Waals surface area contributed by atoms with Crippen LogP contribution in [0, 0.1) is 34.5 Å². The molecule has 1 N–H and O–H groups in total. The van der Waals surface area contributed by atoms with E-state index in [1.807, 2.05) is 11.9 Å². The highest BCUT2D eigenvalue weighted by Crippen LogP contribution is 2.66. The lowest BCUT2D eigenvalue weighted by Gasteiger charge is -2.59. The maximum atomic E-state index is 13.4. The first kappa shape index (κ1) is 23.2. The van der Waals surface area contributed by atoms with E-state index < -0.39 is 0 Å². The van der Waals surface area contributed by atoms with Crippen molar-refractivity contribution in [2.75, 3.05) is 12.4 Å². The Morgan fingerprint density at radius 3 is 2.70 bits per heavy atom. The van der Waals surface area contributed by atoms with E-state index in [0.717, 1.165) is 38.5 Å². The largest absolute Gasteiger partial charge is 0.323 e. The predicted molar refractivity (Wildman–Crippen MR) is 131 cm³/mol. The molecule has 2 saturated carbocycles. The minimum atomic E-state index is -0.0485. The average molecular weight is 490 g/mol. The van der Waals surface area contributed by atoms with Gasteiger partial charge in [0.15, 0.2) is 5.15 Å². The summed E-state index contributed by atoms with van der Waals surface area (Å²) in [5, 5.41) is 3.74. The van der Waals surface area contributed by atoms with Gasteiger partial charge in [-0.1, -0.05) is 42.6 Å². The highest BCUT2D eigenvalue weighted by Gasteiger charge is 2.61. The number of rotatable bonds is 2. The van der Waals surface area contributed by atoms with Crippen LogP contribution in [0.1, 0.15) is 65.7 Å². The number of nitrogens with one attached hydrogen (secondary N) is 1. The highest BCUT2D eigenvalue weighted by atomic mass is 35.5. The van der Waals surface area contributed by atoms with Crippen LogP contribution in [0.2, 0.25) is 10.2 Å². The molecule has 2 heterocycles. The van der Waals surface area contributed by atoms with Crippen molar-refractivity contribution in [3.63, 3.8) is 0 Å². The zero-order chi connectivity index (χ0) is 23.7. The molecular weight excluding hydrogens is 457 g/mol. The second-order valence-corrected chi connectivity index (χ2v) is 12.0. The SMILES string of the molecule is CC1=C2N(C)C(=O)CC[C@]2(C)[C@H]2CC[C@]3(C)[C@@H](C(=O)Nc4cc(Cl)cnc4Cl)CC[C@H]3[C@@H]2C1. The van der Waals surface area contributed by atoms with Crippen LogP contribution in [0.5, 0.6) is 0 Å². The minimum absolute atomic E-state index is 0.0300. The number of nitrogens with zero attached hydrogens (tertiary/aromatic N) is 2. The Labute approximate surface area is 206 Å². The molecule has 0 aromatic carbocycles. The fraction of sp³-hybridized carbons (Fsp3) is 0.654. The van der Waals surface area contributed by atoms with Gasteiger partial charge in [-0.05, 0) is 74.7 Å². The Balaban J connectivity index is 1.42. The van der Waals surface area contributed by atoms with E-state index in [2.05, 4.69) is 31.1 Å². The fourth-order valence-corrected chi connectivity index (χ4v) is 8.58. The number of hydrogen-bond donors (Lipinski definition) is 1. The quantitative estimate of drug-likeness (QED) is 0.494. The molecule has 0 radical (unpaired) electrons. The van der Waals surface area contributed by atoms with Crippen LogP contribution < -0.4 is 5.32 Å². The predicted octanol–water partition coefficient (Wildman–Crippen LogP) is 6.32. The molecule has 5 nitrogen and oxygen atoms in total. The molecule has 7 heteroatoms. The second-order valence-electron chi connectivity index (χ2n) is 11.2. The van der Waals surface area contributed by atoms with E-state index in [1.165, 1.54) is 17.5 Å². The van der Waals surface area contributed by atoms with Crippen molar-refractivity contribution >= 4 is 40.7 Å². The molecule has 1 aromatic rings. The molecular formula is C26H33Cl2N3O2. The fourth-order valence-electron chi connectivity index (χ4n) is 8.27. The summed E-state index contributed by atoms with van der Waals surface area (Å²) in [6.45, 7) is 6.94. The highest BCUT2D eigenvalue weighted by molar-refractivity contribution is 6.34. The van der Waals surface area contributed by atoms with Crippen molar-refractivity contribution in [1.29, 1.82) is 0 Å². The first-order valence-electron chi connectivity index (χ1n) is 12.1. The molecule has 2 amide bonds. The molecule has 3 fully saturated rings. The molecule has 3 aliphatic carbocycles. The third-order valence-corrected chi connectivity index (χ3v) is 10.2. The zero-order valence-electron chi connectivity index (χ0n) is 19.9. The molecule has 178 valence electrons. The molecule has 1 aromatic heterocycles. The summed E-state index contributed by atoms with van der Waals surface area (Å²) in [6, 6.07) is 1.67. The van der Waals surface area contributed by atoms with E-state index in [0.29, 0.717) is 34.9 Å². The van der Waals surface area contributed by atoms with Gasteiger partial charge in [0.25, 0.3) is 0 Å². The van der Waals surface area contributed by atoms with Crippen molar-refractivity contribution in [2.24, 2.45) is 34.5 Å². The number of allylic oxidation sites excluding steroid dienone is 2. The normalized spacial score (nSPS) is 38.0. The third-order valence-electron chi connectivity index (χ3n) is 9.69.